The van der Waals surface area contributed by atoms with E-state index in [0.29, 0.717) is 13.1 Å². The minimum absolute atomic E-state index is 0.263. The highest BCUT2D eigenvalue weighted by Crippen LogP contribution is 2.19. The summed E-state index contributed by atoms with van der Waals surface area (Å²) in [5.41, 5.74) is 1.90. The van der Waals surface area contributed by atoms with E-state index in [4.69, 9.17) is 0 Å². The highest BCUT2D eigenvalue weighted by molar-refractivity contribution is 7.87. The van der Waals surface area contributed by atoms with Crippen LogP contribution in [0.3, 0.4) is 0 Å². The Morgan fingerprint density at radius 2 is 1.95 bits per heavy atom. The van der Waals surface area contributed by atoms with Crippen LogP contribution in [0.1, 0.15) is 43.5 Å². The molecule has 0 saturated carbocycles. The van der Waals surface area contributed by atoms with Gasteiger partial charge in [0.15, 0.2) is 0 Å². The molecule has 0 radical (unpaired) electrons. The summed E-state index contributed by atoms with van der Waals surface area (Å²) >= 11 is 0. The van der Waals surface area contributed by atoms with Crippen molar-refractivity contribution in [2.45, 2.75) is 39.2 Å². The summed E-state index contributed by atoms with van der Waals surface area (Å²) in [5, 5.41) is 4.15. The molecule has 1 fully saturated rings. The van der Waals surface area contributed by atoms with E-state index in [9.17, 15) is 8.42 Å². The highest BCUT2D eigenvalue weighted by atomic mass is 32.2. The smallest absolute Gasteiger partial charge is 0.273 e. The molecule has 6 nitrogen and oxygen atoms in total. The predicted molar refractivity (Wildman–Crippen MR) is 73.8 cm³/mol. The normalized spacial score (nSPS) is 19.5. The maximum atomic E-state index is 12.3. The topological polar surface area (TPSA) is 67.2 Å². The first-order chi connectivity index (χ1) is 8.92. The number of nitrogens with one attached hydrogen (secondary N) is 1. The van der Waals surface area contributed by atoms with Crippen molar-refractivity contribution in [2.75, 3.05) is 13.1 Å². The zero-order chi connectivity index (χ0) is 14.0. The average Bonchev–Trinajstić information content (AvgIpc) is 2.71. The van der Waals surface area contributed by atoms with Crippen LogP contribution in [0.25, 0.3) is 0 Å². The largest absolute Gasteiger partial charge is 0.279 e. The number of aryl methyl sites for hydroxylation is 1. The molecular weight excluding hydrogens is 264 g/mol. The van der Waals surface area contributed by atoms with Crippen molar-refractivity contribution in [2.24, 2.45) is 7.05 Å². The zero-order valence-corrected chi connectivity index (χ0v) is 12.6. The Labute approximate surface area is 115 Å². The van der Waals surface area contributed by atoms with Crippen LogP contribution >= 0.6 is 0 Å². The molecule has 7 heteroatoms. The molecule has 0 spiro atoms. The second-order valence-corrected chi connectivity index (χ2v) is 6.82. The molecule has 1 saturated heterocycles. The Kier molecular flexibility index (Phi) is 4.27. The summed E-state index contributed by atoms with van der Waals surface area (Å²) in [6, 6.07) is -0.263. The van der Waals surface area contributed by atoms with Crippen LogP contribution in [0, 0.1) is 6.92 Å². The van der Waals surface area contributed by atoms with Gasteiger partial charge in [-0.1, -0.05) is 6.42 Å². The lowest BCUT2D eigenvalue weighted by Gasteiger charge is -2.27. The van der Waals surface area contributed by atoms with Gasteiger partial charge < -0.3 is 0 Å². The first-order valence-electron chi connectivity index (χ1n) is 6.67. The third-order valence-corrected chi connectivity index (χ3v) is 5.42. The molecule has 0 aromatic carbocycles. The number of piperidine rings is 1. The fraction of sp³-hybridized carbons (Fsp3) is 0.750. The Bertz CT molecular complexity index is 532. The fourth-order valence-electron chi connectivity index (χ4n) is 2.41. The van der Waals surface area contributed by atoms with E-state index in [2.05, 4.69) is 9.82 Å². The molecule has 0 bridgehead atoms. The first kappa shape index (κ1) is 14.5. The van der Waals surface area contributed by atoms with Crippen LogP contribution in [0.15, 0.2) is 6.20 Å². The van der Waals surface area contributed by atoms with Crippen molar-refractivity contribution in [1.82, 2.24) is 18.8 Å². The van der Waals surface area contributed by atoms with E-state index >= 15 is 0 Å². The van der Waals surface area contributed by atoms with Crippen molar-refractivity contribution >= 4 is 10.2 Å². The van der Waals surface area contributed by atoms with Gasteiger partial charge in [-0.3, -0.25) is 4.68 Å². The van der Waals surface area contributed by atoms with Gasteiger partial charge in [-0.2, -0.15) is 22.5 Å². The second-order valence-electron chi connectivity index (χ2n) is 5.11. The molecule has 1 aliphatic rings. The van der Waals surface area contributed by atoms with Gasteiger partial charge in [-0.15, -0.1) is 0 Å². The summed E-state index contributed by atoms with van der Waals surface area (Å²) in [6.45, 7) is 5.03. The maximum Gasteiger partial charge on any atom is 0.279 e. The van der Waals surface area contributed by atoms with Crippen molar-refractivity contribution in [3.05, 3.63) is 17.5 Å². The number of hydrogen-bond donors (Lipinski definition) is 1. The molecule has 1 N–H and O–H groups in total. The summed E-state index contributed by atoms with van der Waals surface area (Å²) < 4.78 is 30.6. The highest BCUT2D eigenvalue weighted by Gasteiger charge is 2.26. The third-order valence-electron chi connectivity index (χ3n) is 3.72. The Balaban J connectivity index is 2.09. The van der Waals surface area contributed by atoms with Gasteiger partial charge in [-0.25, -0.2) is 0 Å². The molecule has 19 heavy (non-hydrogen) atoms. The first-order valence-corrected chi connectivity index (χ1v) is 8.11. The molecule has 0 amide bonds. The molecule has 1 aromatic heterocycles. The van der Waals surface area contributed by atoms with E-state index in [1.165, 1.54) is 0 Å². The van der Waals surface area contributed by atoms with E-state index in [1.807, 2.05) is 20.9 Å². The Morgan fingerprint density at radius 1 is 1.32 bits per heavy atom. The Morgan fingerprint density at radius 3 is 2.47 bits per heavy atom. The molecule has 2 heterocycles. The average molecular weight is 286 g/mol. The summed E-state index contributed by atoms with van der Waals surface area (Å²) in [4.78, 5) is 0. The second kappa shape index (κ2) is 5.60. The Hall–Kier alpha value is -0.920. The molecule has 1 unspecified atom stereocenters. The number of nitrogens with zero attached hydrogens (tertiary/aromatic N) is 3. The fourth-order valence-corrected chi connectivity index (χ4v) is 3.87. The monoisotopic (exact) mass is 286 g/mol. The van der Waals surface area contributed by atoms with E-state index in [1.54, 1.807) is 15.2 Å². The molecule has 2 rings (SSSR count). The lowest BCUT2D eigenvalue weighted by atomic mass is 10.1. The van der Waals surface area contributed by atoms with Crippen LogP contribution in [-0.4, -0.2) is 35.6 Å². The maximum absolute atomic E-state index is 12.3. The molecule has 1 atom stereocenters. The quantitative estimate of drug-likeness (QED) is 0.901. The lowest BCUT2D eigenvalue weighted by Crippen LogP contribution is -2.44. The lowest BCUT2D eigenvalue weighted by molar-refractivity contribution is 0.339. The predicted octanol–water partition coefficient (Wildman–Crippen LogP) is 1.11. The SMILES string of the molecule is Cc1c(C(C)NS(=O)(=O)N2CCCCC2)cnn1C. The molecule has 1 aliphatic heterocycles. The van der Waals surface area contributed by atoms with Gasteiger partial charge >= 0.3 is 0 Å². The molecule has 108 valence electrons. The van der Waals surface area contributed by atoms with Crippen LogP contribution < -0.4 is 4.72 Å². The molecular formula is C12H22N4O2S. The van der Waals surface area contributed by atoms with Gasteiger partial charge in [0.25, 0.3) is 10.2 Å². The van der Waals surface area contributed by atoms with E-state index < -0.39 is 10.2 Å². The number of rotatable bonds is 4. The summed E-state index contributed by atoms with van der Waals surface area (Å²) in [5.74, 6) is 0. The molecule has 0 aliphatic carbocycles. The zero-order valence-electron chi connectivity index (χ0n) is 11.8. The van der Waals surface area contributed by atoms with Crippen molar-refractivity contribution < 1.29 is 8.42 Å². The number of hydrogen-bond acceptors (Lipinski definition) is 3. The van der Waals surface area contributed by atoms with E-state index in [-0.39, 0.29) is 6.04 Å². The van der Waals surface area contributed by atoms with Crippen LogP contribution in [0.5, 0.6) is 0 Å². The van der Waals surface area contributed by atoms with Gasteiger partial charge in [0.1, 0.15) is 0 Å². The van der Waals surface area contributed by atoms with Crippen molar-refractivity contribution in [3.63, 3.8) is 0 Å². The van der Waals surface area contributed by atoms with Gasteiger partial charge in [0.05, 0.1) is 6.20 Å². The number of aromatic nitrogens is 2. The van der Waals surface area contributed by atoms with Crippen molar-refractivity contribution in [3.8, 4) is 0 Å². The summed E-state index contributed by atoms with van der Waals surface area (Å²) in [7, 11) is -1.54. The van der Waals surface area contributed by atoms with Crippen LogP contribution in [-0.2, 0) is 17.3 Å². The van der Waals surface area contributed by atoms with Gasteiger partial charge in [0, 0.05) is 37.4 Å². The van der Waals surface area contributed by atoms with E-state index in [0.717, 1.165) is 30.5 Å². The minimum Gasteiger partial charge on any atom is -0.273 e. The van der Waals surface area contributed by atoms with Crippen LogP contribution in [0.2, 0.25) is 0 Å². The standard InChI is InChI=1S/C12H22N4O2S/c1-10(12-9-13-15(3)11(12)2)14-19(17,18)16-7-5-4-6-8-16/h9-10,14H,4-8H2,1-3H3. The minimum atomic E-state index is -3.39. The van der Waals surface area contributed by atoms with Crippen molar-refractivity contribution in [1.29, 1.82) is 0 Å². The summed E-state index contributed by atoms with van der Waals surface area (Å²) in [6.07, 6.45) is 4.73. The van der Waals surface area contributed by atoms with Gasteiger partial charge in [0.2, 0.25) is 0 Å². The third kappa shape index (κ3) is 3.16. The van der Waals surface area contributed by atoms with Crippen LogP contribution in [0.4, 0.5) is 0 Å². The molecule has 1 aromatic rings. The van der Waals surface area contributed by atoms with Gasteiger partial charge in [-0.05, 0) is 26.7 Å².